The molecule has 19 heavy (non-hydrogen) atoms. The summed E-state index contributed by atoms with van der Waals surface area (Å²) in [5.74, 6) is 5.30. The lowest BCUT2D eigenvalue weighted by atomic mass is 10.2. The standard InChI is InChI=1S/C12H17N3O4/c1-8-7-10(15(17)18)4-5-11(8)19-9(2)3-6-12(16)14-13/h4-5,7,9H,3,6,13H2,1-2H3,(H,14,16). The summed E-state index contributed by atoms with van der Waals surface area (Å²) in [5.41, 5.74) is 2.76. The van der Waals surface area contributed by atoms with E-state index >= 15 is 0 Å². The van der Waals surface area contributed by atoms with Crippen LogP contribution in [0.4, 0.5) is 5.69 Å². The number of nitrogens with zero attached hydrogens (tertiary/aromatic N) is 1. The first-order chi connectivity index (χ1) is 8.93. The van der Waals surface area contributed by atoms with Gasteiger partial charge in [-0.3, -0.25) is 20.3 Å². The molecule has 0 aliphatic rings. The Hall–Kier alpha value is -2.15. The Morgan fingerprint density at radius 2 is 2.26 bits per heavy atom. The van der Waals surface area contributed by atoms with Gasteiger partial charge < -0.3 is 4.74 Å². The van der Waals surface area contributed by atoms with E-state index in [1.807, 2.05) is 12.3 Å². The predicted molar refractivity (Wildman–Crippen MR) is 69.5 cm³/mol. The minimum atomic E-state index is -0.453. The lowest BCUT2D eigenvalue weighted by Crippen LogP contribution is -2.30. The van der Waals surface area contributed by atoms with Gasteiger partial charge in [-0.1, -0.05) is 0 Å². The van der Waals surface area contributed by atoms with Crippen molar-refractivity contribution in [2.75, 3.05) is 0 Å². The van der Waals surface area contributed by atoms with E-state index in [-0.39, 0.29) is 24.1 Å². The number of hydrazine groups is 1. The van der Waals surface area contributed by atoms with Gasteiger partial charge in [-0.05, 0) is 31.9 Å². The van der Waals surface area contributed by atoms with Crippen molar-refractivity contribution < 1.29 is 14.5 Å². The topological polar surface area (TPSA) is 107 Å². The Morgan fingerprint density at radius 3 is 2.79 bits per heavy atom. The summed E-state index contributed by atoms with van der Waals surface area (Å²) in [4.78, 5) is 21.1. The zero-order valence-electron chi connectivity index (χ0n) is 10.9. The lowest BCUT2D eigenvalue weighted by molar-refractivity contribution is -0.384. The van der Waals surface area contributed by atoms with Crippen molar-refractivity contribution in [1.29, 1.82) is 0 Å². The summed E-state index contributed by atoms with van der Waals surface area (Å²) in [6.45, 7) is 3.56. The number of hydrogen-bond donors (Lipinski definition) is 2. The Labute approximate surface area is 110 Å². The van der Waals surface area contributed by atoms with E-state index in [0.29, 0.717) is 17.7 Å². The SMILES string of the molecule is Cc1cc([N+](=O)[O-])ccc1OC(C)CCC(=O)NN. The van der Waals surface area contributed by atoms with Crippen LogP contribution < -0.4 is 16.0 Å². The summed E-state index contributed by atoms with van der Waals surface area (Å²) in [5, 5.41) is 10.6. The number of nitro benzene ring substituents is 1. The molecule has 1 amide bonds. The molecule has 0 spiro atoms. The monoisotopic (exact) mass is 267 g/mol. The molecular formula is C12H17N3O4. The third-order valence-corrected chi connectivity index (χ3v) is 2.64. The van der Waals surface area contributed by atoms with Crippen molar-refractivity contribution in [3.63, 3.8) is 0 Å². The van der Waals surface area contributed by atoms with Gasteiger partial charge in [0.1, 0.15) is 5.75 Å². The summed E-state index contributed by atoms with van der Waals surface area (Å²) in [7, 11) is 0. The summed E-state index contributed by atoms with van der Waals surface area (Å²) in [6.07, 6.45) is 0.598. The maximum atomic E-state index is 11.0. The van der Waals surface area contributed by atoms with Crippen LogP contribution in [0, 0.1) is 17.0 Å². The largest absolute Gasteiger partial charge is 0.490 e. The molecule has 0 heterocycles. The second kappa shape index (κ2) is 6.69. The Balaban J connectivity index is 2.62. The fraction of sp³-hybridized carbons (Fsp3) is 0.417. The molecule has 0 saturated heterocycles. The van der Waals surface area contributed by atoms with Crippen molar-refractivity contribution >= 4 is 11.6 Å². The number of carbonyl (C=O) groups is 1. The van der Waals surface area contributed by atoms with Gasteiger partial charge in [0.05, 0.1) is 11.0 Å². The Kier molecular flexibility index (Phi) is 5.25. The highest BCUT2D eigenvalue weighted by Gasteiger charge is 2.12. The van der Waals surface area contributed by atoms with Crippen LogP contribution in [0.5, 0.6) is 5.75 Å². The number of nitro groups is 1. The summed E-state index contributed by atoms with van der Waals surface area (Å²) < 4.78 is 5.63. The van der Waals surface area contributed by atoms with E-state index in [4.69, 9.17) is 10.6 Å². The molecule has 7 nitrogen and oxygen atoms in total. The van der Waals surface area contributed by atoms with Crippen LogP contribution >= 0.6 is 0 Å². The molecule has 0 saturated carbocycles. The molecule has 0 aliphatic heterocycles. The van der Waals surface area contributed by atoms with Crippen LogP contribution in [0.1, 0.15) is 25.3 Å². The van der Waals surface area contributed by atoms with Gasteiger partial charge in [0.2, 0.25) is 5.91 Å². The van der Waals surface area contributed by atoms with Crippen LogP contribution in [-0.2, 0) is 4.79 Å². The molecule has 0 radical (unpaired) electrons. The molecule has 1 rings (SSSR count). The molecule has 3 N–H and O–H groups in total. The van der Waals surface area contributed by atoms with Gasteiger partial charge >= 0.3 is 0 Å². The zero-order chi connectivity index (χ0) is 14.4. The van der Waals surface area contributed by atoms with E-state index in [1.165, 1.54) is 12.1 Å². The molecular weight excluding hydrogens is 250 g/mol. The number of amides is 1. The minimum Gasteiger partial charge on any atom is -0.490 e. The summed E-state index contributed by atoms with van der Waals surface area (Å²) >= 11 is 0. The maximum absolute atomic E-state index is 11.0. The lowest BCUT2D eigenvalue weighted by Gasteiger charge is -2.15. The van der Waals surface area contributed by atoms with Crippen LogP contribution in [-0.4, -0.2) is 16.9 Å². The van der Waals surface area contributed by atoms with E-state index < -0.39 is 4.92 Å². The van der Waals surface area contributed by atoms with Gasteiger partial charge in [-0.25, -0.2) is 5.84 Å². The van der Waals surface area contributed by atoms with Crippen LogP contribution in [0.3, 0.4) is 0 Å². The highest BCUT2D eigenvalue weighted by Crippen LogP contribution is 2.24. The summed E-state index contributed by atoms with van der Waals surface area (Å²) in [6, 6.07) is 4.41. The first-order valence-corrected chi connectivity index (χ1v) is 5.85. The second-order valence-electron chi connectivity index (χ2n) is 4.24. The number of carbonyl (C=O) groups excluding carboxylic acids is 1. The minimum absolute atomic E-state index is 0.0278. The number of non-ortho nitro benzene ring substituents is 1. The van der Waals surface area contributed by atoms with Crippen molar-refractivity contribution in [3.05, 3.63) is 33.9 Å². The Bertz CT molecular complexity index is 476. The van der Waals surface area contributed by atoms with Gasteiger partial charge in [-0.2, -0.15) is 0 Å². The highest BCUT2D eigenvalue weighted by molar-refractivity contribution is 5.75. The van der Waals surface area contributed by atoms with E-state index in [2.05, 4.69) is 0 Å². The molecule has 1 aromatic carbocycles. The van der Waals surface area contributed by atoms with Crippen molar-refractivity contribution in [3.8, 4) is 5.75 Å². The number of rotatable bonds is 6. The van der Waals surface area contributed by atoms with E-state index in [0.717, 1.165) is 0 Å². The molecule has 1 aromatic rings. The van der Waals surface area contributed by atoms with Crippen molar-refractivity contribution in [2.45, 2.75) is 32.8 Å². The smallest absolute Gasteiger partial charge is 0.269 e. The number of benzene rings is 1. The maximum Gasteiger partial charge on any atom is 0.269 e. The molecule has 1 unspecified atom stereocenters. The normalized spacial score (nSPS) is 11.7. The molecule has 1 atom stereocenters. The molecule has 0 fully saturated rings. The highest BCUT2D eigenvalue weighted by atomic mass is 16.6. The number of nitrogens with two attached hydrogens (primary N) is 1. The van der Waals surface area contributed by atoms with Crippen molar-refractivity contribution in [1.82, 2.24) is 5.43 Å². The second-order valence-corrected chi connectivity index (χ2v) is 4.24. The fourth-order valence-electron chi connectivity index (χ4n) is 1.56. The average molecular weight is 267 g/mol. The van der Waals surface area contributed by atoms with Crippen LogP contribution in [0.25, 0.3) is 0 Å². The number of nitrogens with one attached hydrogen (secondary N) is 1. The van der Waals surface area contributed by atoms with Gasteiger partial charge in [0.15, 0.2) is 0 Å². The van der Waals surface area contributed by atoms with Crippen LogP contribution in [0.2, 0.25) is 0 Å². The fourth-order valence-corrected chi connectivity index (χ4v) is 1.56. The van der Waals surface area contributed by atoms with Gasteiger partial charge in [0, 0.05) is 18.6 Å². The van der Waals surface area contributed by atoms with Crippen molar-refractivity contribution in [2.24, 2.45) is 5.84 Å². The molecule has 104 valence electrons. The van der Waals surface area contributed by atoms with Crippen LogP contribution in [0.15, 0.2) is 18.2 Å². The zero-order valence-corrected chi connectivity index (χ0v) is 10.9. The molecule has 0 aromatic heterocycles. The molecule has 0 aliphatic carbocycles. The molecule has 7 heteroatoms. The van der Waals surface area contributed by atoms with E-state index in [1.54, 1.807) is 13.0 Å². The first kappa shape index (κ1) is 14.9. The predicted octanol–water partition coefficient (Wildman–Crippen LogP) is 1.44. The number of hydrogen-bond acceptors (Lipinski definition) is 5. The third kappa shape index (κ3) is 4.55. The van der Waals surface area contributed by atoms with Gasteiger partial charge in [-0.15, -0.1) is 0 Å². The third-order valence-electron chi connectivity index (χ3n) is 2.64. The average Bonchev–Trinajstić information content (AvgIpc) is 2.38. The van der Waals surface area contributed by atoms with Gasteiger partial charge in [0.25, 0.3) is 5.69 Å². The Morgan fingerprint density at radius 1 is 1.58 bits per heavy atom. The first-order valence-electron chi connectivity index (χ1n) is 5.85. The van der Waals surface area contributed by atoms with E-state index in [9.17, 15) is 14.9 Å². The number of aryl methyl sites for hydroxylation is 1. The number of ether oxygens (including phenoxy) is 1. The quantitative estimate of drug-likeness (QED) is 0.351. The molecule has 0 bridgehead atoms.